The monoisotopic (exact) mass is 253 g/mol. The van der Waals surface area contributed by atoms with Crippen LogP contribution in [-0.2, 0) is 4.79 Å². The predicted octanol–water partition coefficient (Wildman–Crippen LogP) is 3.58. The van der Waals surface area contributed by atoms with E-state index in [1.807, 2.05) is 6.07 Å². The van der Waals surface area contributed by atoms with Gasteiger partial charge in [-0.05, 0) is 30.5 Å². The fraction of sp³-hybridized carbons (Fsp3) is 0.333. The normalized spacial score (nSPS) is 16.6. The maximum atomic E-state index is 11.9. The number of Topliss-reactive ketones (excluding diaryl/α,β-unsaturated/α-hetero) is 1. The lowest BCUT2D eigenvalue weighted by molar-refractivity contribution is -0.120. The van der Waals surface area contributed by atoms with E-state index in [1.54, 1.807) is 18.2 Å². The van der Waals surface area contributed by atoms with E-state index >= 15 is 0 Å². The van der Waals surface area contributed by atoms with Crippen LogP contribution in [0, 0.1) is 17.2 Å². The molecule has 82 valence electrons. The van der Waals surface area contributed by atoms with Crippen LogP contribution in [0.1, 0.15) is 24.3 Å². The van der Waals surface area contributed by atoms with Gasteiger partial charge in [0.05, 0.1) is 6.07 Å². The van der Waals surface area contributed by atoms with Gasteiger partial charge >= 0.3 is 0 Å². The highest BCUT2D eigenvalue weighted by Gasteiger charge is 2.36. The molecule has 1 aliphatic carbocycles. The lowest BCUT2D eigenvalue weighted by Gasteiger charge is -2.09. The molecule has 1 unspecified atom stereocenters. The van der Waals surface area contributed by atoms with Gasteiger partial charge in [-0.25, -0.2) is 0 Å². The first-order valence-corrected chi connectivity index (χ1v) is 5.77. The van der Waals surface area contributed by atoms with Crippen LogP contribution in [0.3, 0.4) is 0 Å². The Kier molecular flexibility index (Phi) is 3.18. The van der Waals surface area contributed by atoms with Crippen LogP contribution in [0.2, 0.25) is 10.0 Å². The summed E-state index contributed by atoms with van der Waals surface area (Å²) in [7, 11) is 0. The van der Waals surface area contributed by atoms with Crippen LogP contribution in [0.25, 0.3) is 0 Å². The quantitative estimate of drug-likeness (QED) is 0.827. The Morgan fingerprint density at radius 1 is 1.44 bits per heavy atom. The zero-order valence-electron chi connectivity index (χ0n) is 8.41. The number of hydrogen-bond donors (Lipinski definition) is 0. The van der Waals surface area contributed by atoms with Crippen LogP contribution in [0.4, 0.5) is 0 Å². The van der Waals surface area contributed by atoms with Crippen molar-refractivity contribution in [3.8, 4) is 6.07 Å². The molecule has 2 nitrogen and oxygen atoms in total. The molecule has 0 saturated heterocycles. The van der Waals surface area contributed by atoms with Crippen molar-refractivity contribution < 1.29 is 4.79 Å². The molecule has 1 fully saturated rings. The number of ketones is 1. The molecule has 0 heterocycles. The Morgan fingerprint density at radius 3 is 2.62 bits per heavy atom. The molecule has 0 spiro atoms. The van der Waals surface area contributed by atoms with Gasteiger partial charge in [-0.2, -0.15) is 5.26 Å². The Labute approximate surface area is 104 Å². The van der Waals surface area contributed by atoms with E-state index in [9.17, 15) is 4.79 Å². The van der Waals surface area contributed by atoms with E-state index in [1.165, 1.54) is 0 Å². The van der Waals surface area contributed by atoms with E-state index in [2.05, 4.69) is 0 Å². The molecule has 1 aliphatic rings. The van der Waals surface area contributed by atoms with Gasteiger partial charge in [-0.15, -0.1) is 0 Å². The third-order valence-electron chi connectivity index (χ3n) is 2.67. The molecule has 2 rings (SSSR count). The zero-order valence-corrected chi connectivity index (χ0v) is 9.92. The van der Waals surface area contributed by atoms with Crippen LogP contribution in [0.15, 0.2) is 18.2 Å². The number of carbonyl (C=O) groups is 1. The number of nitriles is 1. The number of hydrogen-bond acceptors (Lipinski definition) is 2. The summed E-state index contributed by atoms with van der Waals surface area (Å²) in [5.74, 6) is -0.722. The van der Waals surface area contributed by atoms with Gasteiger partial charge in [0, 0.05) is 16.0 Å². The predicted molar refractivity (Wildman–Crippen MR) is 62.5 cm³/mol. The number of halogens is 2. The fourth-order valence-corrected chi connectivity index (χ4v) is 2.14. The lowest BCUT2D eigenvalue weighted by Crippen LogP contribution is -2.13. The van der Waals surface area contributed by atoms with Crippen LogP contribution in [-0.4, -0.2) is 5.78 Å². The Bertz CT molecular complexity index is 474. The van der Waals surface area contributed by atoms with E-state index in [0.717, 1.165) is 12.8 Å². The fourth-order valence-electron chi connectivity index (χ4n) is 1.63. The van der Waals surface area contributed by atoms with Crippen molar-refractivity contribution in [3.63, 3.8) is 0 Å². The molecular formula is C12H9Cl2NO. The van der Waals surface area contributed by atoms with E-state index in [0.29, 0.717) is 15.6 Å². The maximum absolute atomic E-state index is 11.9. The second-order valence-corrected chi connectivity index (χ2v) is 4.75. The third-order valence-corrected chi connectivity index (χ3v) is 3.23. The first kappa shape index (κ1) is 11.4. The van der Waals surface area contributed by atoms with Crippen molar-refractivity contribution >= 4 is 29.0 Å². The van der Waals surface area contributed by atoms with Gasteiger partial charge in [0.15, 0.2) is 5.78 Å². The first-order chi connectivity index (χ1) is 7.63. The average Bonchev–Trinajstić information content (AvgIpc) is 3.05. The molecule has 1 atom stereocenters. The second-order valence-electron chi connectivity index (χ2n) is 3.90. The molecule has 0 radical (unpaired) electrons. The molecule has 0 amide bonds. The Hall–Kier alpha value is -1.04. The van der Waals surface area contributed by atoms with Crippen LogP contribution in [0.5, 0.6) is 0 Å². The van der Waals surface area contributed by atoms with Gasteiger partial charge in [-0.3, -0.25) is 4.79 Å². The van der Waals surface area contributed by atoms with Crippen molar-refractivity contribution in [1.82, 2.24) is 0 Å². The van der Waals surface area contributed by atoms with E-state index in [-0.39, 0.29) is 11.7 Å². The summed E-state index contributed by atoms with van der Waals surface area (Å²) in [4.78, 5) is 11.9. The highest BCUT2D eigenvalue weighted by Crippen LogP contribution is 2.37. The molecule has 4 heteroatoms. The SMILES string of the molecule is N#CC(C(=O)C1CC1)c1ccc(Cl)cc1Cl. The Balaban J connectivity index is 2.33. The number of carbonyl (C=O) groups excluding carboxylic acids is 1. The minimum atomic E-state index is -0.753. The molecule has 1 aromatic carbocycles. The van der Waals surface area contributed by atoms with E-state index < -0.39 is 5.92 Å². The standard InChI is InChI=1S/C12H9Cl2NO/c13-8-3-4-9(11(14)5-8)10(6-15)12(16)7-1-2-7/h3-5,7,10H,1-2H2. The van der Waals surface area contributed by atoms with Gasteiger partial charge in [-0.1, -0.05) is 29.3 Å². The summed E-state index contributed by atoms with van der Waals surface area (Å²) in [5.41, 5.74) is 0.561. The highest BCUT2D eigenvalue weighted by atomic mass is 35.5. The van der Waals surface area contributed by atoms with E-state index in [4.69, 9.17) is 28.5 Å². The zero-order chi connectivity index (χ0) is 11.7. The molecule has 1 aromatic rings. The summed E-state index contributed by atoms with van der Waals surface area (Å²) in [5, 5.41) is 9.94. The summed E-state index contributed by atoms with van der Waals surface area (Å²) in [6.45, 7) is 0. The highest BCUT2D eigenvalue weighted by molar-refractivity contribution is 6.35. The number of benzene rings is 1. The molecule has 0 aromatic heterocycles. The molecular weight excluding hydrogens is 245 g/mol. The summed E-state index contributed by atoms with van der Waals surface area (Å²) < 4.78 is 0. The average molecular weight is 254 g/mol. The topological polar surface area (TPSA) is 40.9 Å². The van der Waals surface area contributed by atoms with Crippen molar-refractivity contribution in [2.75, 3.05) is 0 Å². The third kappa shape index (κ3) is 2.21. The number of nitrogens with zero attached hydrogens (tertiary/aromatic N) is 1. The maximum Gasteiger partial charge on any atom is 0.157 e. The smallest absolute Gasteiger partial charge is 0.157 e. The van der Waals surface area contributed by atoms with Crippen LogP contribution >= 0.6 is 23.2 Å². The molecule has 0 aliphatic heterocycles. The van der Waals surface area contributed by atoms with Gasteiger partial charge in [0.25, 0.3) is 0 Å². The molecule has 0 N–H and O–H groups in total. The summed E-state index contributed by atoms with van der Waals surface area (Å²) in [6.07, 6.45) is 1.78. The number of rotatable bonds is 3. The first-order valence-electron chi connectivity index (χ1n) is 5.01. The summed E-state index contributed by atoms with van der Waals surface area (Å²) >= 11 is 11.8. The van der Waals surface area contributed by atoms with Gasteiger partial charge in [0.2, 0.25) is 0 Å². The molecule has 1 saturated carbocycles. The van der Waals surface area contributed by atoms with Crippen molar-refractivity contribution in [3.05, 3.63) is 33.8 Å². The second kappa shape index (κ2) is 4.45. The Morgan fingerprint density at radius 2 is 2.12 bits per heavy atom. The van der Waals surface area contributed by atoms with Gasteiger partial charge in [0.1, 0.15) is 5.92 Å². The molecule has 0 bridgehead atoms. The van der Waals surface area contributed by atoms with Crippen molar-refractivity contribution in [1.29, 1.82) is 5.26 Å². The lowest BCUT2D eigenvalue weighted by atomic mass is 9.93. The largest absolute Gasteiger partial charge is 0.298 e. The van der Waals surface area contributed by atoms with Crippen molar-refractivity contribution in [2.24, 2.45) is 5.92 Å². The molecule has 16 heavy (non-hydrogen) atoms. The van der Waals surface area contributed by atoms with Crippen LogP contribution < -0.4 is 0 Å². The van der Waals surface area contributed by atoms with Gasteiger partial charge < -0.3 is 0 Å². The minimum Gasteiger partial charge on any atom is -0.298 e. The van der Waals surface area contributed by atoms with Crippen molar-refractivity contribution in [2.45, 2.75) is 18.8 Å². The minimum absolute atomic E-state index is 0.0216. The summed E-state index contributed by atoms with van der Waals surface area (Å²) in [6, 6.07) is 6.88.